The summed E-state index contributed by atoms with van der Waals surface area (Å²) in [4.78, 5) is 27.9. The lowest BCUT2D eigenvalue weighted by molar-refractivity contribution is -0.117. The Bertz CT molecular complexity index is 999. The number of primary amides is 1. The molecular weight excluding hydrogens is 366 g/mol. The summed E-state index contributed by atoms with van der Waals surface area (Å²) in [5.74, 6) is 0.174. The lowest BCUT2D eigenvalue weighted by Crippen LogP contribution is -2.25. The fourth-order valence-corrected chi connectivity index (χ4v) is 2.95. The topological polar surface area (TPSA) is 94.3 Å². The smallest absolute Gasteiger partial charge is 0.248 e. The molecule has 1 aromatic heterocycles. The first-order chi connectivity index (χ1) is 13.8. The molecule has 0 saturated carbocycles. The minimum absolute atomic E-state index is 0.0940. The van der Waals surface area contributed by atoms with E-state index in [9.17, 15) is 9.59 Å². The first-order valence-electron chi connectivity index (χ1n) is 9.23. The molecule has 148 valence electrons. The van der Waals surface area contributed by atoms with Crippen LogP contribution in [0, 0.1) is 0 Å². The van der Waals surface area contributed by atoms with Crippen molar-refractivity contribution in [2.75, 3.05) is 5.32 Å². The Labute approximate surface area is 169 Å². The number of nitrogens with one attached hydrogen (secondary N) is 1. The molecule has 0 unspecified atom stereocenters. The molecule has 1 heterocycles. The predicted octanol–water partition coefficient (Wildman–Crippen LogP) is 4.28. The number of hydrogen-bond donors (Lipinski definition) is 2. The normalized spacial score (nSPS) is 11.0. The van der Waals surface area contributed by atoms with Gasteiger partial charge < -0.3 is 15.8 Å². The van der Waals surface area contributed by atoms with Crippen molar-refractivity contribution in [2.24, 2.45) is 5.73 Å². The van der Waals surface area contributed by atoms with E-state index in [1.54, 1.807) is 36.4 Å². The van der Waals surface area contributed by atoms with Crippen LogP contribution in [0.1, 0.15) is 36.2 Å². The highest BCUT2D eigenvalue weighted by Gasteiger charge is 2.24. The summed E-state index contributed by atoms with van der Waals surface area (Å²) in [7, 11) is 0. The van der Waals surface area contributed by atoms with Crippen LogP contribution in [0.15, 0.2) is 72.9 Å². The van der Waals surface area contributed by atoms with Crippen LogP contribution in [-0.2, 0) is 10.2 Å². The molecular formula is C23H23N3O3. The highest BCUT2D eigenvalue weighted by atomic mass is 16.5. The summed E-state index contributed by atoms with van der Waals surface area (Å²) >= 11 is 0. The highest BCUT2D eigenvalue weighted by molar-refractivity contribution is 5.93. The van der Waals surface area contributed by atoms with E-state index in [0.717, 1.165) is 5.56 Å². The number of nitrogens with zero attached hydrogens (tertiary/aromatic N) is 1. The minimum atomic E-state index is -0.528. The quantitative estimate of drug-likeness (QED) is 0.631. The Hall–Kier alpha value is -3.67. The Balaban J connectivity index is 1.61. The average Bonchev–Trinajstić information content (AvgIpc) is 2.70. The molecule has 0 radical (unpaired) electrons. The third-order valence-corrected chi connectivity index (χ3v) is 4.52. The summed E-state index contributed by atoms with van der Waals surface area (Å²) in [6.45, 7) is 4.08. The largest absolute Gasteiger partial charge is 0.439 e. The van der Waals surface area contributed by atoms with Crippen LogP contribution in [0.3, 0.4) is 0 Å². The molecule has 3 aromatic rings. The van der Waals surface area contributed by atoms with Gasteiger partial charge in [0, 0.05) is 18.1 Å². The van der Waals surface area contributed by atoms with Crippen LogP contribution in [0.5, 0.6) is 11.6 Å². The molecule has 0 bridgehead atoms. The fraction of sp³-hybridized carbons (Fsp3) is 0.174. The summed E-state index contributed by atoms with van der Waals surface area (Å²) in [6, 6.07) is 19.8. The van der Waals surface area contributed by atoms with Gasteiger partial charge in [-0.3, -0.25) is 9.59 Å². The summed E-state index contributed by atoms with van der Waals surface area (Å²) in [6.07, 6.45) is 1.87. The van der Waals surface area contributed by atoms with Crippen LogP contribution in [0.4, 0.5) is 5.69 Å². The SMILES string of the molecule is CC(C)(CC(=O)Nc1ccc(Oc2cccc(C(N)=O)c2)nc1)c1ccccc1. The summed E-state index contributed by atoms with van der Waals surface area (Å²) < 4.78 is 5.64. The van der Waals surface area contributed by atoms with E-state index in [1.165, 1.54) is 6.20 Å². The van der Waals surface area contributed by atoms with Crippen molar-refractivity contribution in [3.05, 3.63) is 84.1 Å². The molecule has 2 aromatic carbocycles. The van der Waals surface area contributed by atoms with E-state index in [2.05, 4.69) is 10.3 Å². The maximum atomic E-state index is 12.5. The van der Waals surface area contributed by atoms with Gasteiger partial charge in [-0.05, 0) is 35.2 Å². The molecule has 0 fully saturated rings. The lowest BCUT2D eigenvalue weighted by atomic mass is 9.81. The number of anilines is 1. The van der Waals surface area contributed by atoms with E-state index >= 15 is 0 Å². The number of pyridine rings is 1. The van der Waals surface area contributed by atoms with Crippen molar-refractivity contribution in [2.45, 2.75) is 25.7 Å². The number of carbonyl (C=O) groups is 2. The Kier molecular flexibility index (Phi) is 5.93. The molecule has 0 aliphatic heterocycles. The Morgan fingerprint density at radius 3 is 2.45 bits per heavy atom. The second-order valence-electron chi connectivity index (χ2n) is 7.35. The standard InChI is InChI=1S/C23H23N3O3/c1-23(2,17-8-4-3-5-9-17)14-20(27)26-18-11-12-21(25-15-18)29-19-10-6-7-16(13-19)22(24)28/h3-13,15H,14H2,1-2H3,(H2,24,28)(H,26,27). The molecule has 6 heteroatoms. The molecule has 0 aliphatic carbocycles. The number of aromatic nitrogens is 1. The molecule has 0 spiro atoms. The van der Waals surface area contributed by atoms with Gasteiger partial charge in [-0.25, -0.2) is 4.98 Å². The van der Waals surface area contributed by atoms with Crippen LogP contribution >= 0.6 is 0 Å². The van der Waals surface area contributed by atoms with Crippen LogP contribution < -0.4 is 15.8 Å². The second kappa shape index (κ2) is 8.56. The van der Waals surface area contributed by atoms with E-state index in [0.29, 0.717) is 29.3 Å². The van der Waals surface area contributed by atoms with Crippen molar-refractivity contribution in [3.8, 4) is 11.6 Å². The van der Waals surface area contributed by atoms with E-state index < -0.39 is 5.91 Å². The van der Waals surface area contributed by atoms with Gasteiger partial charge in [0.25, 0.3) is 0 Å². The zero-order valence-corrected chi connectivity index (χ0v) is 16.4. The van der Waals surface area contributed by atoms with Crippen molar-refractivity contribution >= 4 is 17.5 Å². The third-order valence-electron chi connectivity index (χ3n) is 4.52. The molecule has 0 atom stereocenters. The first-order valence-corrected chi connectivity index (χ1v) is 9.23. The minimum Gasteiger partial charge on any atom is -0.439 e. The van der Waals surface area contributed by atoms with E-state index in [4.69, 9.17) is 10.5 Å². The molecule has 0 aliphatic rings. The van der Waals surface area contributed by atoms with Gasteiger partial charge in [-0.2, -0.15) is 0 Å². The maximum Gasteiger partial charge on any atom is 0.248 e. The number of amides is 2. The number of ether oxygens (including phenoxy) is 1. The van der Waals surface area contributed by atoms with Gasteiger partial charge >= 0.3 is 0 Å². The van der Waals surface area contributed by atoms with Crippen molar-refractivity contribution in [1.29, 1.82) is 0 Å². The molecule has 3 N–H and O–H groups in total. The number of benzene rings is 2. The first kappa shape index (κ1) is 20.1. The van der Waals surface area contributed by atoms with Crippen molar-refractivity contribution in [1.82, 2.24) is 4.98 Å². The molecule has 0 saturated heterocycles. The third kappa shape index (κ3) is 5.42. The van der Waals surface area contributed by atoms with Crippen LogP contribution in [0.2, 0.25) is 0 Å². The van der Waals surface area contributed by atoms with E-state index in [-0.39, 0.29) is 11.3 Å². The maximum absolute atomic E-state index is 12.5. The number of nitrogens with two attached hydrogens (primary N) is 1. The predicted molar refractivity (Wildman–Crippen MR) is 112 cm³/mol. The monoisotopic (exact) mass is 389 g/mol. The lowest BCUT2D eigenvalue weighted by Gasteiger charge is -2.24. The van der Waals surface area contributed by atoms with Gasteiger partial charge in [0.05, 0.1) is 11.9 Å². The van der Waals surface area contributed by atoms with E-state index in [1.807, 2.05) is 44.2 Å². The zero-order chi connectivity index (χ0) is 20.9. The molecule has 29 heavy (non-hydrogen) atoms. The highest BCUT2D eigenvalue weighted by Crippen LogP contribution is 2.27. The van der Waals surface area contributed by atoms with Gasteiger partial charge in [0.1, 0.15) is 5.75 Å². The van der Waals surface area contributed by atoms with Crippen molar-refractivity contribution in [3.63, 3.8) is 0 Å². The second-order valence-corrected chi connectivity index (χ2v) is 7.35. The number of rotatable bonds is 7. The molecule has 3 rings (SSSR count). The van der Waals surface area contributed by atoms with Gasteiger partial charge in [-0.1, -0.05) is 50.2 Å². The van der Waals surface area contributed by atoms with Crippen molar-refractivity contribution < 1.29 is 14.3 Å². The average molecular weight is 389 g/mol. The Morgan fingerprint density at radius 1 is 1.03 bits per heavy atom. The summed E-state index contributed by atoms with van der Waals surface area (Å²) in [5.41, 5.74) is 7.03. The van der Waals surface area contributed by atoms with Crippen LogP contribution in [-0.4, -0.2) is 16.8 Å². The van der Waals surface area contributed by atoms with Gasteiger partial charge in [-0.15, -0.1) is 0 Å². The van der Waals surface area contributed by atoms with Gasteiger partial charge in [0.15, 0.2) is 0 Å². The van der Waals surface area contributed by atoms with Gasteiger partial charge in [0.2, 0.25) is 17.7 Å². The molecule has 2 amide bonds. The van der Waals surface area contributed by atoms with Crippen LogP contribution in [0.25, 0.3) is 0 Å². The summed E-state index contributed by atoms with van der Waals surface area (Å²) in [5, 5.41) is 2.86. The zero-order valence-electron chi connectivity index (χ0n) is 16.4. The number of carbonyl (C=O) groups excluding carboxylic acids is 2. The molecule has 6 nitrogen and oxygen atoms in total. The number of hydrogen-bond acceptors (Lipinski definition) is 4. The Morgan fingerprint density at radius 2 is 1.79 bits per heavy atom. The fourth-order valence-electron chi connectivity index (χ4n) is 2.95.